The van der Waals surface area contributed by atoms with Crippen LogP contribution in [0.3, 0.4) is 0 Å². The number of nitrogens with zero attached hydrogens (tertiary/aromatic N) is 1. The van der Waals surface area contributed by atoms with Crippen LogP contribution >= 0.6 is 0 Å². The van der Waals surface area contributed by atoms with Gasteiger partial charge in [-0.25, -0.2) is 16.8 Å². The van der Waals surface area contributed by atoms with Crippen LogP contribution in [0.4, 0.5) is 5.69 Å². The van der Waals surface area contributed by atoms with Gasteiger partial charge >= 0.3 is 0 Å². The van der Waals surface area contributed by atoms with Gasteiger partial charge < -0.3 is 10.5 Å². The zero-order valence-corrected chi connectivity index (χ0v) is 19.2. The Morgan fingerprint density at radius 2 is 1.66 bits per heavy atom. The highest BCUT2D eigenvalue weighted by molar-refractivity contribution is 7.92. The molecule has 1 saturated heterocycles. The van der Waals surface area contributed by atoms with E-state index in [1.807, 2.05) is 11.8 Å². The maximum absolute atomic E-state index is 12.8. The molecule has 0 radical (unpaired) electrons. The monoisotopic (exact) mass is 482 g/mol. The summed E-state index contributed by atoms with van der Waals surface area (Å²) in [5, 5.41) is 0. The second-order valence-electron chi connectivity index (χ2n) is 7.18. The zero-order valence-electron chi connectivity index (χ0n) is 17.5. The normalized spacial score (nSPS) is 16.4. The van der Waals surface area contributed by atoms with E-state index in [9.17, 15) is 21.6 Å². The summed E-state index contributed by atoms with van der Waals surface area (Å²) in [5.41, 5.74) is 5.26. The minimum atomic E-state index is -4.11. The molecule has 1 fully saturated rings. The molecule has 1 unspecified atom stereocenters. The van der Waals surface area contributed by atoms with Crippen molar-refractivity contribution < 1.29 is 26.4 Å². The number of carbonyl (C=O) groups excluding carboxylic acids is 1. The van der Waals surface area contributed by atoms with Gasteiger partial charge in [-0.05, 0) is 42.8 Å². The van der Waals surface area contributed by atoms with Gasteiger partial charge in [-0.15, -0.1) is 0 Å². The number of amides is 1. The Labute approximate surface area is 187 Å². The van der Waals surface area contributed by atoms with Gasteiger partial charge in [0.25, 0.3) is 10.0 Å². The number of ether oxygens (including phenoxy) is 1. The van der Waals surface area contributed by atoms with E-state index in [4.69, 9.17) is 10.5 Å². The van der Waals surface area contributed by atoms with Crippen molar-refractivity contribution in [2.24, 2.45) is 5.73 Å². The van der Waals surface area contributed by atoms with Crippen molar-refractivity contribution in [2.75, 3.05) is 31.0 Å². The lowest BCUT2D eigenvalue weighted by atomic mass is 10.2. The topological polar surface area (TPSA) is 148 Å². The average molecular weight is 483 g/mol. The van der Waals surface area contributed by atoms with Crippen molar-refractivity contribution in [3.8, 4) is 0 Å². The van der Waals surface area contributed by atoms with E-state index < -0.39 is 26.0 Å². The van der Waals surface area contributed by atoms with Gasteiger partial charge in [-0.1, -0.05) is 19.1 Å². The summed E-state index contributed by atoms with van der Waals surface area (Å²) in [4.78, 5) is 13.3. The van der Waals surface area contributed by atoms with Crippen LogP contribution in [0.5, 0.6) is 0 Å². The van der Waals surface area contributed by atoms with Crippen LogP contribution in [0.15, 0.2) is 58.3 Å². The SMILES string of the molecule is CCC(NS(=O)(=O)c1ccc(NS(=O)(=O)c2ccccc2C(N)=O)cc1)N1CCOCC1. The molecule has 0 bridgehead atoms. The van der Waals surface area contributed by atoms with E-state index in [1.165, 1.54) is 48.5 Å². The molecule has 1 atom stereocenters. The Kier molecular flexibility index (Phi) is 7.51. The first-order valence-electron chi connectivity index (χ1n) is 10.00. The standard InChI is InChI=1S/C20H26N4O6S2/c1-2-19(24-11-13-30-14-12-24)23-31(26,27)16-9-7-15(8-10-16)22-32(28,29)18-6-4-3-5-17(18)20(21)25/h3-10,19,22-23H,2,11-14H2,1H3,(H2,21,25). The molecule has 0 aliphatic carbocycles. The average Bonchev–Trinajstić information content (AvgIpc) is 2.78. The van der Waals surface area contributed by atoms with E-state index in [-0.39, 0.29) is 27.2 Å². The fraction of sp³-hybridized carbons (Fsp3) is 0.350. The van der Waals surface area contributed by atoms with Crippen molar-refractivity contribution in [2.45, 2.75) is 29.3 Å². The molecule has 12 heteroatoms. The van der Waals surface area contributed by atoms with Crippen LogP contribution < -0.4 is 15.2 Å². The van der Waals surface area contributed by atoms with Crippen LogP contribution in [-0.4, -0.2) is 60.1 Å². The summed E-state index contributed by atoms with van der Waals surface area (Å²) in [5.74, 6) is -0.871. The molecule has 3 rings (SSSR count). The molecule has 1 aliphatic rings. The second-order valence-corrected chi connectivity index (χ2v) is 10.5. The molecule has 32 heavy (non-hydrogen) atoms. The number of benzene rings is 2. The van der Waals surface area contributed by atoms with Crippen molar-refractivity contribution >= 4 is 31.6 Å². The third kappa shape index (κ3) is 5.64. The van der Waals surface area contributed by atoms with Crippen molar-refractivity contribution in [1.29, 1.82) is 0 Å². The van der Waals surface area contributed by atoms with Crippen LogP contribution in [-0.2, 0) is 24.8 Å². The molecular weight excluding hydrogens is 456 g/mol. The van der Waals surface area contributed by atoms with Crippen LogP contribution in [0.25, 0.3) is 0 Å². The van der Waals surface area contributed by atoms with E-state index in [0.717, 1.165) is 0 Å². The molecule has 1 aliphatic heterocycles. The molecule has 174 valence electrons. The van der Waals surface area contributed by atoms with Gasteiger partial charge in [-0.3, -0.25) is 14.4 Å². The Bertz CT molecular complexity index is 1160. The maximum atomic E-state index is 12.8. The molecule has 0 aromatic heterocycles. The lowest BCUT2D eigenvalue weighted by Crippen LogP contribution is -2.51. The van der Waals surface area contributed by atoms with Gasteiger partial charge in [0.15, 0.2) is 0 Å². The predicted octanol–water partition coefficient (Wildman–Crippen LogP) is 0.933. The van der Waals surface area contributed by atoms with Crippen LogP contribution in [0.1, 0.15) is 23.7 Å². The number of sulfonamides is 2. The number of hydrogen-bond donors (Lipinski definition) is 3. The third-order valence-corrected chi connectivity index (χ3v) is 7.94. The molecule has 2 aromatic carbocycles. The number of anilines is 1. The summed E-state index contributed by atoms with van der Waals surface area (Å²) in [7, 11) is -7.93. The molecule has 10 nitrogen and oxygen atoms in total. The number of morpholine rings is 1. The number of rotatable bonds is 9. The largest absolute Gasteiger partial charge is 0.379 e. The van der Waals surface area contributed by atoms with Gasteiger partial charge in [0.1, 0.15) is 4.90 Å². The Hall–Kier alpha value is -2.51. The van der Waals surface area contributed by atoms with Crippen molar-refractivity contribution in [3.05, 3.63) is 54.1 Å². The molecule has 0 spiro atoms. The van der Waals surface area contributed by atoms with E-state index in [2.05, 4.69) is 9.44 Å². The fourth-order valence-electron chi connectivity index (χ4n) is 3.37. The number of hydrogen-bond acceptors (Lipinski definition) is 7. The zero-order chi connectivity index (χ0) is 23.4. The highest BCUT2D eigenvalue weighted by Gasteiger charge is 2.26. The maximum Gasteiger partial charge on any atom is 0.262 e. The van der Waals surface area contributed by atoms with Crippen molar-refractivity contribution in [3.63, 3.8) is 0 Å². The summed E-state index contributed by atoms with van der Waals surface area (Å²) < 4.78 is 61.4. The third-order valence-electron chi connectivity index (χ3n) is 5.02. The highest BCUT2D eigenvalue weighted by Crippen LogP contribution is 2.21. The number of primary amides is 1. The molecule has 1 heterocycles. The minimum absolute atomic E-state index is 0.00435. The summed E-state index contributed by atoms with van der Waals surface area (Å²) in [6.07, 6.45) is 0.212. The van der Waals surface area contributed by atoms with Crippen LogP contribution in [0.2, 0.25) is 0 Å². The molecule has 0 saturated carbocycles. The lowest BCUT2D eigenvalue weighted by molar-refractivity contribution is 0.0133. The molecule has 4 N–H and O–H groups in total. The van der Waals surface area contributed by atoms with Gasteiger partial charge in [0.05, 0.1) is 29.8 Å². The number of carbonyl (C=O) groups is 1. The van der Waals surface area contributed by atoms with Gasteiger partial charge in [0.2, 0.25) is 15.9 Å². The number of nitrogens with one attached hydrogen (secondary N) is 2. The van der Waals surface area contributed by atoms with Gasteiger partial charge in [-0.2, -0.15) is 4.72 Å². The molecular formula is C20H26N4O6S2. The highest BCUT2D eigenvalue weighted by atomic mass is 32.2. The quantitative estimate of drug-likeness (QED) is 0.481. The lowest BCUT2D eigenvalue weighted by Gasteiger charge is -2.34. The molecule has 1 amide bonds. The smallest absolute Gasteiger partial charge is 0.262 e. The van der Waals surface area contributed by atoms with Crippen molar-refractivity contribution in [1.82, 2.24) is 9.62 Å². The summed E-state index contributed by atoms with van der Waals surface area (Å²) in [6, 6.07) is 10.9. The summed E-state index contributed by atoms with van der Waals surface area (Å²) in [6.45, 7) is 4.26. The Balaban J connectivity index is 1.76. The van der Waals surface area contributed by atoms with Gasteiger partial charge in [0, 0.05) is 18.8 Å². The fourth-order valence-corrected chi connectivity index (χ4v) is 5.95. The first kappa shape index (κ1) is 24.1. The molecule has 2 aromatic rings. The first-order chi connectivity index (χ1) is 15.1. The second kappa shape index (κ2) is 9.96. The van der Waals surface area contributed by atoms with E-state index in [1.54, 1.807) is 0 Å². The first-order valence-corrected chi connectivity index (χ1v) is 13.0. The predicted molar refractivity (Wildman–Crippen MR) is 119 cm³/mol. The summed E-state index contributed by atoms with van der Waals surface area (Å²) >= 11 is 0. The Morgan fingerprint density at radius 3 is 2.25 bits per heavy atom. The number of nitrogens with two attached hydrogens (primary N) is 1. The van der Waals surface area contributed by atoms with E-state index in [0.29, 0.717) is 32.7 Å². The van der Waals surface area contributed by atoms with Crippen LogP contribution in [0, 0.1) is 0 Å². The van der Waals surface area contributed by atoms with E-state index >= 15 is 0 Å². The Morgan fingerprint density at radius 1 is 1.03 bits per heavy atom. The minimum Gasteiger partial charge on any atom is -0.379 e.